The van der Waals surface area contributed by atoms with Crippen molar-refractivity contribution in [3.63, 3.8) is 0 Å². The lowest BCUT2D eigenvalue weighted by Gasteiger charge is -2.52. The van der Waals surface area contributed by atoms with Gasteiger partial charge in [0, 0.05) is 0 Å². The molecule has 2 aliphatic rings. The van der Waals surface area contributed by atoms with E-state index in [0.717, 1.165) is 6.42 Å². The lowest BCUT2D eigenvalue weighted by Crippen LogP contribution is -2.70. The molecule has 0 spiro atoms. The number of β-lactam (4-membered cyclic amide) rings is 1. The number of carbonyl (C=O) groups is 1. The van der Waals surface area contributed by atoms with Gasteiger partial charge in [-0.1, -0.05) is 18.6 Å². The Balaban J connectivity index is 2.31. The lowest BCUT2D eigenvalue weighted by molar-refractivity contribution is -0.143. The van der Waals surface area contributed by atoms with Crippen molar-refractivity contribution in [2.24, 2.45) is 11.8 Å². The molecule has 1 fully saturated rings. The van der Waals surface area contributed by atoms with E-state index >= 15 is 0 Å². The van der Waals surface area contributed by atoms with E-state index in [4.69, 9.17) is 0 Å². The number of allylic oxidation sites excluding steroid dienone is 1. The summed E-state index contributed by atoms with van der Waals surface area (Å²) in [4.78, 5) is 11.2. The van der Waals surface area contributed by atoms with Crippen molar-refractivity contribution in [2.75, 3.05) is 0 Å². The predicted octanol–water partition coefficient (Wildman–Crippen LogP) is 1.48. The van der Waals surface area contributed by atoms with Gasteiger partial charge in [-0.15, -0.1) is 0 Å². The molecule has 0 bridgehead atoms. The first-order valence-electron chi connectivity index (χ1n) is 4.52. The SMILES string of the molecule is CC1=C[C@H](C)[C@@H]2C(=O)N[C@]2(C)C1. The largest absolute Gasteiger partial charge is 0.349 e. The summed E-state index contributed by atoms with van der Waals surface area (Å²) in [6.07, 6.45) is 3.25. The van der Waals surface area contributed by atoms with Gasteiger partial charge < -0.3 is 5.32 Å². The summed E-state index contributed by atoms with van der Waals surface area (Å²) in [5.41, 5.74) is 1.47. The average molecular weight is 165 g/mol. The molecular weight excluding hydrogens is 150 g/mol. The smallest absolute Gasteiger partial charge is 0.226 e. The first kappa shape index (κ1) is 7.84. The number of nitrogens with one attached hydrogen (secondary N) is 1. The van der Waals surface area contributed by atoms with Crippen molar-refractivity contribution in [3.05, 3.63) is 11.6 Å². The molecule has 0 radical (unpaired) electrons. The van der Waals surface area contributed by atoms with Crippen molar-refractivity contribution in [1.82, 2.24) is 5.32 Å². The van der Waals surface area contributed by atoms with E-state index in [-0.39, 0.29) is 17.4 Å². The van der Waals surface area contributed by atoms with E-state index < -0.39 is 0 Å². The van der Waals surface area contributed by atoms with Gasteiger partial charge in [0.05, 0.1) is 11.5 Å². The highest BCUT2D eigenvalue weighted by molar-refractivity contribution is 5.88. The van der Waals surface area contributed by atoms with Crippen molar-refractivity contribution in [3.8, 4) is 0 Å². The number of fused-ring (bicyclic) bond motifs is 1. The monoisotopic (exact) mass is 165 g/mol. The van der Waals surface area contributed by atoms with Crippen molar-refractivity contribution < 1.29 is 4.79 Å². The fraction of sp³-hybridized carbons (Fsp3) is 0.700. The van der Waals surface area contributed by atoms with Crippen LogP contribution in [-0.4, -0.2) is 11.4 Å². The zero-order valence-corrected chi connectivity index (χ0v) is 7.85. The van der Waals surface area contributed by atoms with E-state index in [0.29, 0.717) is 5.92 Å². The van der Waals surface area contributed by atoms with Crippen molar-refractivity contribution in [2.45, 2.75) is 32.7 Å². The van der Waals surface area contributed by atoms with Crippen LogP contribution in [0.4, 0.5) is 0 Å². The molecule has 1 N–H and O–H groups in total. The maximum Gasteiger partial charge on any atom is 0.226 e. The Kier molecular flexibility index (Phi) is 1.39. The van der Waals surface area contributed by atoms with Crippen LogP contribution < -0.4 is 5.32 Å². The number of rotatable bonds is 0. The van der Waals surface area contributed by atoms with Gasteiger partial charge in [0.15, 0.2) is 0 Å². The summed E-state index contributed by atoms with van der Waals surface area (Å²) < 4.78 is 0. The van der Waals surface area contributed by atoms with Crippen LogP contribution in [0, 0.1) is 11.8 Å². The zero-order chi connectivity index (χ0) is 8.93. The molecule has 0 aromatic rings. The topological polar surface area (TPSA) is 29.1 Å². The second-order valence-electron chi connectivity index (χ2n) is 4.43. The van der Waals surface area contributed by atoms with Crippen molar-refractivity contribution in [1.29, 1.82) is 0 Å². The highest BCUT2D eigenvalue weighted by Crippen LogP contribution is 2.42. The summed E-state index contributed by atoms with van der Waals surface area (Å²) in [6.45, 7) is 6.42. The quantitative estimate of drug-likeness (QED) is 0.427. The van der Waals surface area contributed by atoms with Crippen LogP contribution in [0.15, 0.2) is 11.6 Å². The number of carbonyl (C=O) groups excluding carboxylic acids is 1. The lowest BCUT2D eigenvalue weighted by atomic mass is 9.64. The molecule has 1 aliphatic heterocycles. The van der Waals surface area contributed by atoms with Crippen molar-refractivity contribution >= 4 is 5.91 Å². The van der Waals surface area contributed by atoms with E-state index in [1.165, 1.54) is 5.57 Å². The molecule has 2 rings (SSSR count). The molecule has 3 atom stereocenters. The Hall–Kier alpha value is -0.790. The molecule has 0 unspecified atom stereocenters. The molecule has 1 heterocycles. The van der Waals surface area contributed by atoms with E-state index in [9.17, 15) is 4.79 Å². The maximum absolute atomic E-state index is 11.2. The molecule has 0 aromatic carbocycles. The molecule has 2 nitrogen and oxygen atoms in total. The average Bonchev–Trinajstić information content (AvgIpc) is 1.81. The van der Waals surface area contributed by atoms with E-state index in [1.54, 1.807) is 0 Å². The first-order chi connectivity index (χ1) is 5.53. The highest BCUT2D eigenvalue weighted by Gasteiger charge is 2.53. The summed E-state index contributed by atoms with van der Waals surface area (Å²) in [5.74, 6) is 0.868. The van der Waals surface area contributed by atoms with Gasteiger partial charge in [0.2, 0.25) is 5.91 Å². The van der Waals surface area contributed by atoms with Crippen LogP contribution in [0.2, 0.25) is 0 Å². The summed E-state index contributed by atoms with van der Waals surface area (Å²) in [7, 11) is 0. The standard InChI is InChI=1S/C10H15NO/c1-6-4-7(2)8-9(12)11-10(8,3)5-6/h4,7-8H,5H2,1-3H3,(H,11,12)/t7-,8+,10+/m0/s1. The van der Waals surface area contributed by atoms with Gasteiger partial charge in [0.1, 0.15) is 0 Å². The Morgan fingerprint density at radius 1 is 1.67 bits per heavy atom. The molecule has 2 heteroatoms. The van der Waals surface area contributed by atoms with Crippen LogP contribution in [0.25, 0.3) is 0 Å². The Bertz CT molecular complexity index is 269. The molecule has 0 saturated carbocycles. The maximum atomic E-state index is 11.2. The number of hydrogen-bond donors (Lipinski definition) is 1. The molecule has 1 aliphatic carbocycles. The van der Waals surface area contributed by atoms with Crippen LogP contribution in [-0.2, 0) is 4.79 Å². The second-order valence-corrected chi connectivity index (χ2v) is 4.43. The van der Waals surface area contributed by atoms with Crippen LogP contribution in [0.1, 0.15) is 27.2 Å². The normalized spacial score (nSPS) is 45.6. The molecule has 1 saturated heterocycles. The predicted molar refractivity (Wildman–Crippen MR) is 47.6 cm³/mol. The van der Waals surface area contributed by atoms with E-state index in [2.05, 4.69) is 32.2 Å². The first-order valence-corrected chi connectivity index (χ1v) is 4.52. The summed E-state index contributed by atoms with van der Waals surface area (Å²) >= 11 is 0. The van der Waals surface area contributed by atoms with Gasteiger partial charge in [-0.3, -0.25) is 4.79 Å². The van der Waals surface area contributed by atoms with Gasteiger partial charge in [-0.2, -0.15) is 0 Å². The number of hydrogen-bond acceptors (Lipinski definition) is 1. The van der Waals surface area contributed by atoms with Gasteiger partial charge >= 0.3 is 0 Å². The second kappa shape index (κ2) is 2.12. The molecule has 12 heavy (non-hydrogen) atoms. The minimum atomic E-state index is 0.0648. The van der Waals surface area contributed by atoms with Crippen LogP contribution >= 0.6 is 0 Å². The fourth-order valence-corrected chi connectivity index (χ4v) is 2.80. The van der Waals surface area contributed by atoms with Gasteiger partial charge in [-0.05, 0) is 26.2 Å². The van der Waals surface area contributed by atoms with Gasteiger partial charge in [-0.25, -0.2) is 0 Å². The summed E-state index contributed by atoms with van der Waals surface area (Å²) in [5, 5.41) is 3.00. The highest BCUT2D eigenvalue weighted by atomic mass is 16.2. The summed E-state index contributed by atoms with van der Waals surface area (Å²) in [6, 6.07) is 0. The molecule has 1 amide bonds. The molecular formula is C10H15NO. The Morgan fingerprint density at radius 3 is 2.83 bits per heavy atom. The third-order valence-electron chi connectivity index (χ3n) is 3.10. The van der Waals surface area contributed by atoms with Crippen LogP contribution in [0.5, 0.6) is 0 Å². The molecule has 0 aromatic heterocycles. The minimum Gasteiger partial charge on any atom is -0.349 e. The zero-order valence-electron chi connectivity index (χ0n) is 7.85. The number of amides is 1. The van der Waals surface area contributed by atoms with Gasteiger partial charge in [0.25, 0.3) is 0 Å². The third-order valence-corrected chi connectivity index (χ3v) is 3.10. The Labute approximate surface area is 73.0 Å². The fourth-order valence-electron chi connectivity index (χ4n) is 2.80. The van der Waals surface area contributed by atoms with Crippen LogP contribution in [0.3, 0.4) is 0 Å². The minimum absolute atomic E-state index is 0.0648. The third kappa shape index (κ3) is 0.838. The van der Waals surface area contributed by atoms with E-state index in [1.807, 2.05) is 0 Å². The molecule has 66 valence electrons. The Morgan fingerprint density at radius 2 is 2.33 bits per heavy atom.